The second-order valence-corrected chi connectivity index (χ2v) is 9.19. The van der Waals surface area contributed by atoms with Gasteiger partial charge in [0, 0.05) is 42.6 Å². The number of nitrogens with one attached hydrogen (secondary N) is 2. The van der Waals surface area contributed by atoms with Gasteiger partial charge in [-0.05, 0) is 18.2 Å². The maximum absolute atomic E-state index is 12.6. The molecule has 1 aliphatic rings. The molecule has 4 rings (SSSR count). The van der Waals surface area contributed by atoms with Crippen molar-refractivity contribution in [1.29, 1.82) is 0 Å². The number of rotatable bonds is 6. The molecule has 4 heterocycles. The summed E-state index contributed by atoms with van der Waals surface area (Å²) in [6.07, 6.45) is 4.73. The van der Waals surface area contributed by atoms with Crippen molar-refractivity contribution < 1.29 is 17.9 Å². The number of morpholine rings is 1. The average Bonchev–Trinajstić information content (AvgIpc) is 3.44. The summed E-state index contributed by atoms with van der Waals surface area (Å²) in [4.78, 5) is 23.7. The maximum Gasteiger partial charge on any atom is 0.268 e. The summed E-state index contributed by atoms with van der Waals surface area (Å²) in [5.74, 6) is -0.394. The second kappa shape index (κ2) is 8.41. The molecule has 0 radical (unpaired) electrons. The molecule has 0 aromatic carbocycles. The molecule has 0 atom stereocenters. The molecule has 0 saturated carbocycles. The Bertz CT molecular complexity index is 1090. The third-order valence-corrected chi connectivity index (χ3v) is 7.16. The van der Waals surface area contributed by atoms with Crippen molar-refractivity contribution in [3.8, 4) is 11.3 Å². The van der Waals surface area contributed by atoms with E-state index in [0.29, 0.717) is 26.3 Å². The zero-order valence-corrected chi connectivity index (χ0v) is 17.0. The lowest BCUT2D eigenvalue weighted by molar-refractivity contribution is 0.0730. The minimum absolute atomic E-state index is 0.0683. The van der Waals surface area contributed by atoms with Gasteiger partial charge in [0.05, 0.1) is 25.5 Å². The number of aromatic amines is 1. The van der Waals surface area contributed by atoms with E-state index in [0.717, 1.165) is 16.3 Å². The summed E-state index contributed by atoms with van der Waals surface area (Å²) in [5.41, 5.74) is 1.96. The quantitative estimate of drug-likeness (QED) is 0.608. The molecule has 1 fully saturated rings. The monoisotopic (exact) mass is 433 g/mol. The zero-order valence-electron chi connectivity index (χ0n) is 15.4. The van der Waals surface area contributed by atoms with E-state index in [2.05, 4.69) is 20.3 Å². The third-order valence-electron chi connectivity index (χ3n) is 4.44. The minimum atomic E-state index is -3.64. The van der Waals surface area contributed by atoms with E-state index in [1.54, 1.807) is 12.4 Å². The number of ether oxygens (including phenoxy) is 1. The predicted molar refractivity (Wildman–Crippen MR) is 107 cm³/mol. The van der Waals surface area contributed by atoms with Gasteiger partial charge in [-0.2, -0.15) is 4.31 Å². The number of H-pyrrole nitrogens is 1. The van der Waals surface area contributed by atoms with Crippen molar-refractivity contribution in [2.24, 2.45) is 0 Å². The predicted octanol–water partition coefficient (Wildman–Crippen LogP) is 1.48. The molecule has 29 heavy (non-hydrogen) atoms. The van der Waals surface area contributed by atoms with Crippen LogP contribution in [0.5, 0.6) is 0 Å². The standard InChI is InChI=1S/C18H19N5O4S2/c24-18(21-11-17-22-16(12-28-17)13-1-3-19-4-2-13)15-9-14(10-20-15)29(25,26)23-5-7-27-8-6-23/h1-4,9-10,12,20H,5-8,11H2,(H,21,24). The SMILES string of the molecule is O=C(NCc1nc(-c2ccncc2)cs1)c1cc(S(=O)(=O)N2CCOCC2)c[nH]1. The topological polar surface area (TPSA) is 117 Å². The van der Waals surface area contributed by atoms with Crippen LogP contribution in [0.15, 0.2) is 47.1 Å². The van der Waals surface area contributed by atoms with Gasteiger partial charge in [0.25, 0.3) is 5.91 Å². The van der Waals surface area contributed by atoms with E-state index in [9.17, 15) is 13.2 Å². The van der Waals surface area contributed by atoms with Gasteiger partial charge in [0.1, 0.15) is 15.6 Å². The first-order valence-electron chi connectivity index (χ1n) is 8.93. The fourth-order valence-corrected chi connectivity index (χ4v) is 5.03. The summed E-state index contributed by atoms with van der Waals surface area (Å²) >= 11 is 1.44. The number of carbonyl (C=O) groups is 1. The van der Waals surface area contributed by atoms with E-state index >= 15 is 0 Å². The Labute approximate surface area is 171 Å². The number of amides is 1. The number of hydrogen-bond acceptors (Lipinski definition) is 7. The number of pyridine rings is 1. The molecule has 11 heteroatoms. The highest BCUT2D eigenvalue weighted by atomic mass is 32.2. The second-order valence-electron chi connectivity index (χ2n) is 6.31. The minimum Gasteiger partial charge on any atom is -0.379 e. The molecular formula is C18H19N5O4S2. The van der Waals surface area contributed by atoms with Crippen LogP contribution >= 0.6 is 11.3 Å². The van der Waals surface area contributed by atoms with Gasteiger partial charge in [-0.25, -0.2) is 13.4 Å². The summed E-state index contributed by atoms with van der Waals surface area (Å²) in [6, 6.07) is 5.09. The van der Waals surface area contributed by atoms with Crippen LogP contribution in [0, 0.1) is 0 Å². The molecule has 0 spiro atoms. The first-order chi connectivity index (χ1) is 14.0. The van der Waals surface area contributed by atoms with Gasteiger partial charge in [-0.1, -0.05) is 0 Å². The van der Waals surface area contributed by atoms with Gasteiger partial charge in [0.15, 0.2) is 0 Å². The summed E-state index contributed by atoms with van der Waals surface area (Å²) in [6.45, 7) is 1.59. The molecule has 1 amide bonds. The van der Waals surface area contributed by atoms with E-state index in [1.165, 1.54) is 27.9 Å². The summed E-state index contributed by atoms with van der Waals surface area (Å²) in [7, 11) is -3.64. The molecule has 0 bridgehead atoms. The number of carbonyl (C=O) groups excluding carboxylic acids is 1. The van der Waals surface area contributed by atoms with Crippen LogP contribution in [0.25, 0.3) is 11.3 Å². The van der Waals surface area contributed by atoms with Crippen LogP contribution in [0.3, 0.4) is 0 Å². The van der Waals surface area contributed by atoms with E-state index in [4.69, 9.17) is 4.74 Å². The van der Waals surface area contributed by atoms with E-state index < -0.39 is 15.9 Å². The lowest BCUT2D eigenvalue weighted by Crippen LogP contribution is -2.40. The van der Waals surface area contributed by atoms with Crippen molar-refractivity contribution in [3.05, 3.63) is 52.9 Å². The van der Waals surface area contributed by atoms with Crippen LogP contribution in [-0.4, -0.2) is 59.9 Å². The smallest absolute Gasteiger partial charge is 0.268 e. The molecule has 3 aromatic rings. The van der Waals surface area contributed by atoms with Crippen LogP contribution < -0.4 is 5.32 Å². The van der Waals surface area contributed by atoms with Crippen molar-refractivity contribution in [1.82, 2.24) is 24.6 Å². The van der Waals surface area contributed by atoms with Crippen LogP contribution in [-0.2, 0) is 21.3 Å². The summed E-state index contributed by atoms with van der Waals surface area (Å²) in [5, 5.41) is 5.42. The Morgan fingerprint density at radius 1 is 1.28 bits per heavy atom. The normalized spacial score (nSPS) is 15.3. The number of nitrogens with zero attached hydrogens (tertiary/aromatic N) is 3. The van der Waals surface area contributed by atoms with Gasteiger partial charge in [-0.15, -0.1) is 11.3 Å². The molecule has 1 saturated heterocycles. The fraction of sp³-hybridized carbons (Fsp3) is 0.278. The maximum atomic E-state index is 12.6. The van der Waals surface area contributed by atoms with Gasteiger partial charge in [-0.3, -0.25) is 9.78 Å². The number of aromatic nitrogens is 3. The number of thiazole rings is 1. The van der Waals surface area contributed by atoms with Gasteiger partial charge < -0.3 is 15.0 Å². The van der Waals surface area contributed by atoms with Crippen LogP contribution in [0.4, 0.5) is 0 Å². The number of sulfonamides is 1. The Balaban J connectivity index is 1.39. The third kappa shape index (κ3) is 4.37. The van der Waals surface area contributed by atoms with Crippen molar-refractivity contribution in [3.63, 3.8) is 0 Å². The molecule has 0 unspecified atom stereocenters. The zero-order chi connectivity index (χ0) is 20.3. The molecule has 0 aliphatic carbocycles. The lowest BCUT2D eigenvalue weighted by atomic mass is 10.2. The first kappa shape index (κ1) is 19.7. The van der Waals surface area contributed by atoms with E-state index in [-0.39, 0.29) is 17.1 Å². The van der Waals surface area contributed by atoms with Crippen molar-refractivity contribution in [2.75, 3.05) is 26.3 Å². The van der Waals surface area contributed by atoms with E-state index in [1.807, 2.05) is 17.5 Å². The highest BCUT2D eigenvalue weighted by Crippen LogP contribution is 2.21. The van der Waals surface area contributed by atoms with Crippen molar-refractivity contribution >= 4 is 27.3 Å². The highest BCUT2D eigenvalue weighted by molar-refractivity contribution is 7.89. The average molecular weight is 434 g/mol. The van der Waals surface area contributed by atoms with Crippen molar-refractivity contribution in [2.45, 2.75) is 11.4 Å². The molecule has 1 aliphatic heterocycles. The molecule has 152 valence electrons. The highest BCUT2D eigenvalue weighted by Gasteiger charge is 2.28. The lowest BCUT2D eigenvalue weighted by Gasteiger charge is -2.25. The first-order valence-corrected chi connectivity index (χ1v) is 11.3. The summed E-state index contributed by atoms with van der Waals surface area (Å²) < 4.78 is 31.8. The Kier molecular flexibility index (Phi) is 5.72. The van der Waals surface area contributed by atoms with Gasteiger partial charge >= 0.3 is 0 Å². The van der Waals surface area contributed by atoms with Gasteiger partial charge in [0.2, 0.25) is 10.0 Å². The van der Waals surface area contributed by atoms with Crippen LogP contribution in [0.1, 0.15) is 15.5 Å². The largest absolute Gasteiger partial charge is 0.379 e. The van der Waals surface area contributed by atoms with Crippen LogP contribution in [0.2, 0.25) is 0 Å². The molecule has 3 aromatic heterocycles. The Morgan fingerprint density at radius 3 is 2.79 bits per heavy atom. The molecular weight excluding hydrogens is 414 g/mol. The number of hydrogen-bond donors (Lipinski definition) is 2. The molecule has 9 nitrogen and oxygen atoms in total. The molecule has 2 N–H and O–H groups in total. The fourth-order valence-electron chi connectivity index (χ4n) is 2.89. The Hall–Kier alpha value is -2.60. The Morgan fingerprint density at radius 2 is 2.03 bits per heavy atom.